The largest absolute Gasteiger partial charge is 0.465 e. The van der Waals surface area contributed by atoms with E-state index in [0.29, 0.717) is 26.1 Å². The van der Waals surface area contributed by atoms with Crippen molar-refractivity contribution < 1.29 is 9.53 Å². The number of nitrogens with one attached hydrogen (secondary N) is 1. The van der Waals surface area contributed by atoms with Gasteiger partial charge in [0.2, 0.25) is 0 Å². The molecule has 0 amide bonds. The molecule has 1 aliphatic rings. The van der Waals surface area contributed by atoms with Gasteiger partial charge in [-0.25, -0.2) is 0 Å². The standard InChI is InChI=1S/C22H24N2O2/c1-2-26-21(25)22(17-24-16-18-7-6-14-23-15-18)12-10-20(11-13-22)19-8-4-3-5-9-19/h3-12,14-15,24H,2,13,16-17H2,1H3. The normalized spacial score (nSPS) is 19.0. The van der Waals surface area contributed by atoms with E-state index in [0.717, 1.165) is 16.7 Å². The average Bonchev–Trinajstić information content (AvgIpc) is 2.70. The molecule has 0 radical (unpaired) electrons. The van der Waals surface area contributed by atoms with E-state index >= 15 is 0 Å². The second-order valence-electron chi connectivity index (χ2n) is 6.40. The molecule has 4 heteroatoms. The van der Waals surface area contributed by atoms with Crippen molar-refractivity contribution in [3.63, 3.8) is 0 Å². The van der Waals surface area contributed by atoms with Gasteiger partial charge in [0, 0.05) is 25.5 Å². The van der Waals surface area contributed by atoms with Gasteiger partial charge in [-0.15, -0.1) is 0 Å². The fourth-order valence-corrected chi connectivity index (χ4v) is 3.08. The third-order valence-corrected chi connectivity index (χ3v) is 4.55. The summed E-state index contributed by atoms with van der Waals surface area (Å²) in [5.74, 6) is -0.182. The molecule has 4 nitrogen and oxygen atoms in total. The minimum atomic E-state index is -0.670. The van der Waals surface area contributed by atoms with Crippen molar-refractivity contribution in [2.45, 2.75) is 19.9 Å². The van der Waals surface area contributed by atoms with E-state index in [4.69, 9.17) is 4.74 Å². The summed E-state index contributed by atoms with van der Waals surface area (Å²) >= 11 is 0. The fourth-order valence-electron chi connectivity index (χ4n) is 3.08. The van der Waals surface area contributed by atoms with Gasteiger partial charge in [0.05, 0.1) is 6.61 Å². The molecule has 3 rings (SSSR count). The summed E-state index contributed by atoms with van der Waals surface area (Å²) in [7, 11) is 0. The molecule has 1 aromatic carbocycles. The highest BCUT2D eigenvalue weighted by Gasteiger charge is 2.37. The average molecular weight is 348 g/mol. The Morgan fingerprint density at radius 3 is 2.73 bits per heavy atom. The first kappa shape index (κ1) is 18.1. The number of esters is 1. The van der Waals surface area contributed by atoms with Crippen molar-refractivity contribution in [3.8, 4) is 0 Å². The van der Waals surface area contributed by atoms with Crippen LogP contribution in [0.15, 0.2) is 73.1 Å². The number of aromatic nitrogens is 1. The minimum Gasteiger partial charge on any atom is -0.465 e. The van der Waals surface area contributed by atoms with E-state index in [1.165, 1.54) is 0 Å². The SMILES string of the molecule is CCOC(=O)C1(CNCc2cccnc2)C=CC(c2ccccc2)=CC1. The Labute approximate surface area is 154 Å². The van der Waals surface area contributed by atoms with Crippen LogP contribution >= 0.6 is 0 Å². The van der Waals surface area contributed by atoms with Gasteiger partial charge in [-0.2, -0.15) is 0 Å². The van der Waals surface area contributed by atoms with Crippen LogP contribution in [0, 0.1) is 5.41 Å². The van der Waals surface area contributed by atoms with Crippen LogP contribution in [0.1, 0.15) is 24.5 Å². The monoisotopic (exact) mass is 348 g/mol. The fraction of sp³-hybridized carbons (Fsp3) is 0.273. The van der Waals surface area contributed by atoms with Crippen LogP contribution in [0.25, 0.3) is 5.57 Å². The maximum absolute atomic E-state index is 12.7. The first-order valence-corrected chi connectivity index (χ1v) is 8.95. The molecule has 0 fully saturated rings. The Balaban J connectivity index is 1.71. The quantitative estimate of drug-likeness (QED) is 0.774. The van der Waals surface area contributed by atoms with Gasteiger partial charge in [-0.1, -0.05) is 54.6 Å². The molecule has 0 spiro atoms. The number of carbonyl (C=O) groups is 1. The van der Waals surface area contributed by atoms with E-state index in [1.807, 2.05) is 55.6 Å². The molecule has 1 aromatic heterocycles. The Morgan fingerprint density at radius 1 is 1.23 bits per heavy atom. The third-order valence-electron chi connectivity index (χ3n) is 4.55. The maximum atomic E-state index is 12.7. The Kier molecular flexibility index (Phi) is 5.97. The summed E-state index contributed by atoms with van der Waals surface area (Å²) in [6.45, 7) is 3.41. The molecule has 1 heterocycles. The third kappa shape index (κ3) is 4.27. The molecular formula is C22H24N2O2. The molecule has 1 aliphatic carbocycles. The summed E-state index contributed by atoms with van der Waals surface area (Å²) < 4.78 is 5.36. The smallest absolute Gasteiger partial charge is 0.317 e. The lowest BCUT2D eigenvalue weighted by Gasteiger charge is -2.30. The number of hydrogen-bond acceptors (Lipinski definition) is 4. The van der Waals surface area contributed by atoms with Crippen LogP contribution in [-0.4, -0.2) is 24.1 Å². The highest BCUT2D eigenvalue weighted by atomic mass is 16.5. The van der Waals surface area contributed by atoms with Crippen LogP contribution in [0.4, 0.5) is 0 Å². The van der Waals surface area contributed by atoms with Crippen molar-refractivity contribution in [2.24, 2.45) is 5.41 Å². The zero-order valence-electron chi connectivity index (χ0n) is 15.0. The number of benzene rings is 1. The molecule has 134 valence electrons. The molecule has 0 saturated heterocycles. The maximum Gasteiger partial charge on any atom is 0.317 e. The van der Waals surface area contributed by atoms with Crippen LogP contribution in [-0.2, 0) is 16.1 Å². The summed E-state index contributed by atoms with van der Waals surface area (Å²) in [6.07, 6.45) is 10.3. The highest BCUT2D eigenvalue weighted by Crippen LogP contribution is 2.34. The summed E-state index contributed by atoms with van der Waals surface area (Å²) in [6, 6.07) is 14.1. The molecule has 2 aromatic rings. The van der Waals surface area contributed by atoms with Gasteiger partial charge in [0.25, 0.3) is 0 Å². The van der Waals surface area contributed by atoms with Crippen molar-refractivity contribution >= 4 is 11.5 Å². The zero-order chi connectivity index (χ0) is 18.2. The number of allylic oxidation sites excluding steroid dienone is 3. The van der Waals surface area contributed by atoms with E-state index in [2.05, 4.69) is 28.5 Å². The van der Waals surface area contributed by atoms with Crippen molar-refractivity contribution in [1.29, 1.82) is 0 Å². The van der Waals surface area contributed by atoms with Crippen LogP contribution < -0.4 is 5.32 Å². The Hall–Kier alpha value is -2.72. The summed E-state index contributed by atoms with van der Waals surface area (Å²) in [5.41, 5.74) is 2.71. The number of carbonyl (C=O) groups excluding carboxylic acids is 1. The molecule has 0 aliphatic heterocycles. The lowest BCUT2D eigenvalue weighted by molar-refractivity contribution is -0.152. The minimum absolute atomic E-state index is 0.182. The van der Waals surface area contributed by atoms with E-state index < -0.39 is 5.41 Å². The number of ether oxygens (including phenoxy) is 1. The molecule has 1 unspecified atom stereocenters. The Bertz CT molecular complexity index is 784. The molecule has 1 atom stereocenters. The lowest BCUT2D eigenvalue weighted by Crippen LogP contribution is -2.41. The number of nitrogens with zero attached hydrogens (tertiary/aromatic N) is 1. The summed E-state index contributed by atoms with van der Waals surface area (Å²) in [5, 5.41) is 3.38. The van der Waals surface area contributed by atoms with Gasteiger partial charge in [-0.3, -0.25) is 9.78 Å². The number of pyridine rings is 1. The first-order valence-electron chi connectivity index (χ1n) is 8.95. The van der Waals surface area contributed by atoms with E-state index in [9.17, 15) is 4.79 Å². The summed E-state index contributed by atoms with van der Waals surface area (Å²) in [4.78, 5) is 16.8. The van der Waals surface area contributed by atoms with Crippen molar-refractivity contribution in [3.05, 3.63) is 84.2 Å². The number of rotatable bonds is 7. The topological polar surface area (TPSA) is 51.2 Å². The predicted octanol–water partition coefficient (Wildman–Crippen LogP) is 3.76. The molecule has 26 heavy (non-hydrogen) atoms. The zero-order valence-corrected chi connectivity index (χ0v) is 15.0. The van der Waals surface area contributed by atoms with Crippen LogP contribution in [0.5, 0.6) is 0 Å². The van der Waals surface area contributed by atoms with Gasteiger partial charge >= 0.3 is 5.97 Å². The van der Waals surface area contributed by atoms with E-state index in [1.54, 1.807) is 6.20 Å². The Morgan fingerprint density at radius 2 is 2.08 bits per heavy atom. The molecule has 0 saturated carbocycles. The van der Waals surface area contributed by atoms with Gasteiger partial charge < -0.3 is 10.1 Å². The van der Waals surface area contributed by atoms with Crippen molar-refractivity contribution in [1.82, 2.24) is 10.3 Å². The molecule has 0 bridgehead atoms. The second kappa shape index (κ2) is 8.59. The first-order chi connectivity index (χ1) is 12.7. The van der Waals surface area contributed by atoms with Gasteiger partial charge in [-0.05, 0) is 36.1 Å². The van der Waals surface area contributed by atoms with Gasteiger partial charge in [0.1, 0.15) is 5.41 Å². The van der Waals surface area contributed by atoms with Crippen molar-refractivity contribution in [2.75, 3.05) is 13.2 Å². The molecule has 1 N–H and O–H groups in total. The highest BCUT2D eigenvalue weighted by molar-refractivity contribution is 5.84. The lowest BCUT2D eigenvalue weighted by atomic mass is 9.78. The van der Waals surface area contributed by atoms with E-state index in [-0.39, 0.29) is 5.97 Å². The molecular weight excluding hydrogens is 324 g/mol. The van der Waals surface area contributed by atoms with Crippen LogP contribution in [0.2, 0.25) is 0 Å². The second-order valence-corrected chi connectivity index (χ2v) is 6.40. The predicted molar refractivity (Wildman–Crippen MR) is 103 cm³/mol. The van der Waals surface area contributed by atoms with Crippen LogP contribution in [0.3, 0.4) is 0 Å². The number of hydrogen-bond donors (Lipinski definition) is 1. The van der Waals surface area contributed by atoms with Gasteiger partial charge in [0.15, 0.2) is 0 Å².